The van der Waals surface area contributed by atoms with Gasteiger partial charge < -0.3 is 19.0 Å². The maximum absolute atomic E-state index is 12.0. The van der Waals surface area contributed by atoms with Gasteiger partial charge >= 0.3 is 0 Å². The van der Waals surface area contributed by atoms with Crippen molar-refractivity contribution < 1.29 is 9.53 Å². The van der Waals surface area contributed by atoms with Crippen LogP contribution in [0.3, 0.4) is 0 Å². The number of fused-ring (bicyclic) bond motifs is 1. The monoisotopic (exact) mass is 492 g/mol. The molecule has 0 spiro atoms. The Bertz CT molecular complexity index is 1280. The van der Waals surface area contributed by atoms with Gasteiger partial charge in [-0.05, 0) is 30.7 Å². The minimum Gasteiger partial charge on any atom is -0.380 e. The highest BCUT2D eigenvalue weighted by Crippen LogP contribution is 2.37. The van der Waals surface area contributed by atoms with Gasteiger partial charge in [0.1, 0.15) is 18.0 Å². The van der Waals surface area contributed by atoms with Crippen molar-refractivity contribution in [2.75, 3.05) is 18.6 Å². The van der Waals surface area contributed by atoms with Gasteiger partial charge in [-0.25, -0.2) is 9.97 Å². The number of hydrogen-bond acceptors (Lipinski definition) is 7. The van der Waals surface area contributed by atoms with E-state index in [-0.39, 0.29) is 17.8 Å². The maximum atomic E-state index is 12.0. The second-order valence-corrected chi connectivity index (χ2v) is 10.3. The van der Waals surface area contributed by atoms with Crippen molar-refractivity contribution in [3.8, 4) is 17.3 Å². The summed E-state index contributed by atoms with van der Waals surface area (Å²) < 4.78 is 7.80. The zero-order valence-corrected chi connectivity index (χ0v) is 20.8. The summed E-state index contributed by atoms with van der Waals surface area (Å²) in [4.78, 5) is 28.0. The van der Waals surface area contributed by atoms with Crippen LogP contribution in [0, 0.1) is 23.2 Å². The molecule has 35 heavy (non-hydrogen) atoms. The van der Waals surface area contributed by atoms with Crippen LogP contribution in [0.5, 0.6) is 0 Å². The van der Waals surface area contributed by atoms with E-state index >= 15 is 0 Å². The average Bonchev–Trinajstić information content (AvgIpc) is 3.45. The lowest BCUT2D eigenvalue weighted by molar-refractivity contribution is -0.109. The van der Waals surface area contributed by atoms with E-state index in [9.17, 15) is 10.1 Å². The summed E-state index contributed by atoms with van der Waals surface area (Å²) in [6.45, 7) is 3.67. The molecule has 1 saturated heterocycles. The van der Waals surface area contributed by atoms with Crippen molar-refractivity contribution in [2.24, 2.45) is 11.8 Å². The smallest absolute Gasteiger partial charge is 0.207 e. The van der Waals surface area contributed by atoms with Crippen LogP contribution >= 0.6 is 11.6 Å². The highest BCUT2D eigenvalue weighted by atomic mass is 35.5. The fraction of sp³-hybridized carbons (Fsp3) is 0.500. The molecule has 182 valence electrons. The van der Waals surface area contributed by atoms with Crippen LogP contribution in [0.4, 0.5) is 5.95 Å². The molecule has 8 nitrogen and oxygen atoms in total. The summed E-state index contributed by atoms with van der Waals surface area (Å²) in [5.74, 6) is 1.97. The lowest BCUT2D eigenvalue weighted by Crippen LogP contribution is -2.34. The lowest BCUT2D eigenvalue weighted by atomic mass is 9.83. The van der Waals surface area contributed by atoms with Gasteiger partial charge in [-0.2, -0.15) is 5.26 Å². The molecule has 0 unspecified atom stereocenters. The van der Waals surface area contributed by atoms with E-state index in [1.807, 2.05) is 11.0 Å². The second-order valence-electron chi connectivity index (χ2n) is 9.82. The Kier molecular flexibility index (Phi) is 6.72. The zero-order valence-electron chi connectivity index (χ0n) is 20.0. The first-order valence-electron chi connectivity index (χ1n) is 12.2. The van der Waals surface area contributed by atoms with Gasteiger partial charge in [0.2, 0.25) is 5.95 Å². The molecule has 0 aromatic carbocycles. The third-order valence-electron chi connectivity index (χ3n) is 7.43. The van der Waals surface area contributed by atoms with Gasteiger partial charge in [-0.3, -0.25) is 4.98 Å². The fourth-order valence-corrected chi connectivity index (χ4v) is 5.64. The molecule has 4 heterocycles. The van der Waals surface area contributed by atoms with Crippen LogP contribution in [-0.2, 0) is 16.1 Å². The molecule has 1 aliphatic heterocycles. The molecule has 0 radical (unpaired) electrons. The Labute approximate surface area is 209 Å². The molecule has 5 rings (SSSR count). The van der Waals surface area contributed by atoms with Crippen LogP contribution in [-0.4, -0.2) is 51.6 Å². The Balaban J connectivity index is 1.70. The van der Waals surface area contributed by atoms with Gasteiger partial charge in [0.05, 0.1) is 33.9 Å². The number of nitriles is 1. The maximum Gasteiger partial charge on any atom is 0.207 e. The number of hydrogen-bond donors (Lipinski definition) is 0. The number of anilines is 1. The first-order valence-corrected chi connectivity index (χ1v) is 12.6. The Morgan fingerprint density at radius 2 is 2.03 bits per heavy atom. The van der Waals surface area contributed by atoms with E-state index in [1.165, 1.54) is 12.8 Å². The van der Waals surface area contributed by atoms with Crippen molar-refractivity contribution in [2.45, 2.75) is 57.7 Å². The van der Waals surface area contributed by atoms with Crippen molar-refractivity contribution in [1.29, 1.82) is 5.26 Å². The van der Waals surface area contributed by atoms with Crippen molar-refractivity contribution in [3.05, 3.63) is 35.2 Å². The molecule has 2 aliphatic rings. The van der Waals surface area contributed by atoms with Crippen LogP contribution in [0.25, 0.3) is 22.3 Å². The number of methoxy groups -OCH3 is 1. The molecule has 0 bridgehead atoms. The topological polar surface area (TPSA) is 96.9 Å². The van der Waals surface area contributed by atoms with Crippen molar-refractivity contribution >= 4 is 34.9 Å². The Hall–Kier alpha value is -3.02. The molecule has 1 aliphatic carbocycles. The highest BCUT2D eigenvalue weighted by molar-refractivity contribution is 6.30. The first kappa shape index (κ1) is 23.7. The normalized spacial score (nSPS) is 24.6. The number of imidazole rings is 1. The van der Waals surface area contributed by atoms with E-state index in [2.05, 4.69) is 27.5 Å². The minimum atomic E-state index is -0.318. The third kappa shape index (κ3) is 4.63. The predicted molar refractivity (Wildman–Crippen MR) is 134 cm³/mol. The largest absolute Gasteiger partial charge is 0.380 e. The highest BCUT2D eigenvalue weighted by Gasteiger charge is 2.36. The van der Waals surface area contributed by atoms with Crippen LogP contribution in [0.2, 0.25) is 5.02 Å². The summed E-state index contributed by atoms with van der Waals surface area (Å²) in [7, 11) is 1.68. The number of nitrogens with zero attached hydrogens (tertiary/aromatic N) is 6. The number of aldehydes is 1. The van der Waals surface area contributed by atoms with E-state index in [0.29, 0.717) is 35.1 Å². The summed E-state index contributed by atoms with van der Waals surface area (Å²) in [6.07, 6.45) is 9.56. The minimum absolute atomic E-state index is 0.0432. The number of carbonyl (C=O) groups excluding carboxylic acids is 1. The summed E-state index contributed by atoms with van der Waals surface area (Å²) in [5, 5.41) is 10.2. The lowest BCUT2D eigenvalue weighted by Gasteiger charge is -2.29. The SMILES string of the molecule is CO[C@@H]1C[C@@H](C=O)N(c2nc3cc(C#N)nc(-c4cncc(Cl)c4)c3n2CC2CCC(C)CC2)C1. The molecule has 2 atom stereocenters. The van der Waals surface area contributed by atoms with Gasteiger partial charge in [0.15, 0.2) is 0 Å². The van der Waals surface area contributed by atoms with E-state index in [1.54, 1.807) is 25.6 Å². The number of ether oxygens (including phenoxy) is 1. The molecule has 2 fully saturated rings. The molecule has 3 aromatic rings. The standard InChI is InChI=1S/C26H29ClN6O2/c1-16-3-5-17(6-4-16)13-33-25-23(31-26(33)32-14-22(35-2)9-21(32)15-34)8-20(10-28)30-24(25)18-7-19(27)12-29-11-18/h7-8,11-12,15-17,21-22H,3-6,9,13-14H2,1-2H3/t16?,17?,21-,22+/m0/s1. The number of rotatable bonds is 6. The van der Waals surface area contributed by atoms with Gasteiger partial charge in [-0.15, -0.1) is 0 Å². The Morgan fingerprint density at radius 1 is 1.23 bits per heavy atom. The third-order valence-corrected chi connectivity index (χ3v) is 7.63. The molecule has 1 saturated carbocycles. The van der Waals surface area contributed by atoms with Crippen LogP contribution in [0.15, 0.2) is 24.5 Å². The molecule has 0 N–H and O–H groups in total. The molecule has 0 amide bonds. The fourth-order valence-electron chi connectivity index (χ4n) is 5.46. The molecular formula is C26H29ClN6O2. The van der Waals surface area contributed by atoms with E-state index in [4.69, 9.17) is 21.3 Å². The number of carbonyl (C=O) groups is 1. The van der Waals surface area contributed by atoms with Crippen LogP contribution in [0.1, 0.15) is 44.7 Å². The quantitative estimate of drug-likeness (QED) is 0.462. The second kappa shape index (κ2) is 9.92. The van der Waals surface area contributed by atoms with Crippen molar-refractivity contribution in [3.63, 3.8) is 0 Å². The zero-order chi connectivity index (χ0) is 24.5. The van der Waals surface area contributed by atoms with Gasteiger partial charge in [0, 0.05) is 50.6 Å². The molecule has 9 heteroatoms. The number of halogens is 1. The Morgan fingerprint density at radius 3 is 2.71 bits per heavy atom. The molecular weight excluding hydrogens is 464 g/mol. The van der Waals surface area contributed by atoms with Crippen LogP contribution < -0.4 is 4.90 Å². The first-order chi connectivity index (χ1) is 17.0. The van der Waals surface area contributed by atoms with Gasteiger partial charge in [0.25, 0.3) is 0 Å². The predicted octanol–water partition coefficient (Wildman–Crippen LogP) is 4.64. The van der Waals surface area contributed by atoms with Gasteiger partial charge in [-0.1, -0.05) is 31.4 Å². The van der Waals surface area contributed by atoms with Crippen molar-refractivity contribution in [1.82, 2.24) is 19.5 Å². The average molecular weight is 493 g/mol. The number of aromatic nitrogens is 4. The summed E-state index contributed by atoms with van der Waals surface area (Å²) in [5.41, 5.74) is 3.15. The number of pyridine rings is 2. The van der Waals surface area contributed by atoms with E-state index < -0.39 is 0 Å². The molecule has 3 aromatic heterocycles. The summed E-state index contributed by atoms with van der Waals surface area (Å²) in [6, 6.07) is 5.37. The summed E-state index contributed by atoms with van der Waals surface area (Å²) >= 11 is 6.27. The van der Waals surface area contributed by atoms with E-state index in [0.717, 1.165) is 48.6 Å².